The highest BCUT2D eigenvalue weighted by Crippen LogP contribution is 2.22. The Morgan fingerprint density at radius 3 is 2.77 bits per heavy atom. The number of anilines is 4. The van der Waals surface area contributed by atoms with Crippen molar-refractivity contribution in [1.82, 2.24) is 15.2 Å². The monoisotopic (exact) mass is 303 g/mol. The lowest BCUT2D eigenvalue weighted by Gasteiger charge is -2.28. The van der Waals surface area contributed by atoms with Crippen LogP contribution in [-0.4, -0.2) is 47.4 Å². The van der Waals surface area contributed by atoms with E-state index in [0.717, 1.165) is 18.8 Å². The maximum atomic E-state index is 11.4. The molecule has 0 aliphatic carbocycles. The number of ether oxygens (including phenoxy) is 1. The van der Waals surface area contributed by atoms with Crippen molar-refractivity contribution in [2.45, 2.75) is 0 Å². The molecule has 1 fully saturated rings. The number of nitrogen functional groups attached to an aromatic ring is 1. The fraction of sp³-hybridized carbons (Fsp3) is 0.308. The third kappa shape index (κ3) is 2.79. The molecule has 1 saturated heterocycles. The lowest BCUT2D eigenvalue weighted by Crippen LogP contribution is -2.36. The average molecular weight is 303 g/mol. The molecule has 6 N–H and O–H groups in total. The summed E-state index contributed by atoms with van der Waals surface area (Å²) < 4.78 is 5.32. The van der Waals surface area contributed by atoms with Crippen LogP contribution in [0.25, 0.3) is 0 Å². The number of pyridine rings is 1. The van der Waals surface area contributed by atoms with Crippen LogP contribution in [0, 0.1) is 0 Å². The molecule has 9 heteroatoms. The van der Waals surface area contributed by atoms with E-state index in [9.17, 15) is 4.79 Å². The summed E-state index contributed by atoms with van der Waals surface area (Å²) >= 11 is 0. The number of nitrogens with two attached hydrogens (primary N) is 2. The summed E-state index contributed by atoms with van der Waals surface area (Å²) in [6, 6.07) is 3.75. The van der Waals surface area contributed by atoms with E-state index in [1.165, 1.54) is 0 Å². The van der Waals surface area contributed by atoms with Crippen molar-refractivity contribution in [3.8, 4) is 0 Å². The number of aromatic nitrogens is 3. The van der Waals surface area contributed by atoms with Gasteiger partial charge in [0.25, 0.3) is 5.91 Å². The van der Waals surface area contributed by atoms with Crippen molar-refractivity contribution in [3.63, 3.8) is 0 Å². The topological polar surface area (TPSA) is 135 Å². The van der Waals surface area contributed by atoms with E-state index in [1.54, 1.807) is 12.3 Å². The van der Waals surface area contributed by atoms with Crippen LogP contribution in [0.2, 0.25) is 0 Å². The maximum Gasteiger partial charge on any atom is 0.256 e. The number of primary amides is 1. The number of carbonyl (C=O) groups is 1. The summed E-state index contributed by atoms with van der Waals surface area (Å²) in [7, 11) is 0. The summed E-state index contributed by atoms with van der Waals surface area (Å²) in [4.78, 5) is 17.9. The van der Waals surface area contributed by atoms with Gasteiger partial charge in [0.1, 0.15) is 17.2 Å². The lowest BCUT2D eigenvalue weighted by atomic mass is 10.3. The summed E-state index contributed by atoms with van der Waals surface area (Å²) in [5.41, 5.74) is 12.0. The minimum atomic E-state index is -0.654. The van der Waals surface area contributed by atoms with Crippen molar-refractivity contribution < 1.29 is 9.53 Å². The quantitative estimate of drug-likeness (QED) is 0.627. The first-order valence-electron chi connectivity index (χ1n) is 6.84. The van der Waals surface area contributed by atoms with Crippen LogP contribution in [-0.2, 0) is 4.74 Å². The predicted octanol–water partition coefficient (Wildman–Crippen LogP) is 0.0660. The molecule has 0 unspecified atom stereocenters. The summed E-state index contributed by atoms with van der Waals surface area (Å²) in [5.74, 6) is 0.279. The SMILES string of the molecule is NC(=O)c1c(Nc2ccc(N3CCOCC3)cn2)n[nH]c1N. The van der Waals surface area contributed by atoms with Crippen LogP contribution in [0.1, 0.15) is 10.4 Å². The Morgan fingerprint density at radius 1 is 1.36 bits per heavy atom. The zero-order valence-corrected chi connectivity index (χ0v) is 11.9. The molecule has 2 aromatic rings. The minimum Gasteiger partial charge on any atom is -0.383 e. The molecular weight excluding hydrogens is 286 g/mol. The molecule has 2 aromatic heterocycles. The number of H-pyrrole nitrogens is 1. The molecular formula is C13H17N7O2. The van der Waals surface area contributed by atoms with Crippen molar-refractivity contribution >= 4 is 29.0 Å². The van der Waals surface area contributed by atoms with Gasteiger partial charge in [-0.1, -0.05) is 0 Å². The second-order valence-corrected chi connectivity index (χ2v) is 4.85. The molecule has 0 aromatic carbocycles. The molecule has 1 amide bonds. The number of nitrogens with zero attached hydrogens (tertiary/aromatic N) is 3. The van der Waals surface area contributed by atoms with Crippen LogP contribution in [0.3, 0.4) is 0 Å². The molecule has 0 atom stereocenters. The fourth-order valence-corrected chi connectivity index (χ4v) is 2.29. The molecule has 22 heavy (non-hydrogen) atoms. The predicted molar refractivity (Wildman–Crippen MR) is 82.1 cm³/mol. The van der Waals surface area contributed by atoms with Crippen LogP contribution >= 0.6 is 0 Å². The van der Waals surface area contributed by atoms with Gasteiger partial charge in [-0.15, -0.1) is 0 Å². The van der Waals surface area contributed by atoms with E-state index in [4.69, 9.17) is 16.2 Å². The van der Waals surface area contributed by atoms with Gasteiger partial charge in [0.05, 0.1) is 25.1 Å². The molecule has 1 aliphatic rings. The second kappa shape index (κ2) is 5.90. The molecule has 0 radical (unpaired) electrons. The first-order valence-corrected chi connectivity index (χ1v) is 6.84. The van der Waals surface area contributed by atoms with Crippen LogP contribution < -0.4 is 21.7 Å². The van der Waals surface area contributed by atoms with Gasteiger partial charge >= 0.3 is 0 Å². The first-order chi connectivity index (χ1) is 10.6. The third-order valence-corrected chi connectivity index (χ3v) is 3.41. The van der Waals surface area contributed by atoms with E-state index in [0.29, 0.717) is 19.0 Å². The zero-order chi connectivity index (χ0) is 15.5. The minimum absolute atomic E-state index is 0.124. The molecule has 3 heterocycles. The second-order valence-electron chi connectivity index (χ2n) is 4.85. The highest BCUT2D eigenvalue weighted by atomic mass is 16.5. The summed E-state index contributed by atoms with van der Waals surface area (Å²) in [6.45, 7) is 3.12. The summed E-state index contributed by atoms with van der Waals surface area (Å²) in [5, 5.41) is 9.36. The van der Waals surface area contributed by atoms with Gasteiger partial charge in [0, 0.05) is 13.1 Å². The molecule has 116 valence electrons. The Bertz CT molecular complexity index is 662. The Hall–Kier alpha value is -2.81. The third-order valence-electron chi connectivity index (χ3n) is 3.41. The number of hydrogen-bond acceptors (Lipinski definition) is 7. The number of amides is 1. The zero-order valence-electron chi connectivity index (χ0n) is 11.9. The number of carbonyl (C=O) groups excluding carboxylic acids is 1. The van der Waals surface area contributed by atoms with E-state index in [1.807, 2.05) is 6.07 Å². The molecule has 0 saturated carbocycles. The Kier molecular flexibility index (Phi) is 3.79. The smallest absolute Gasteiger partial charge is 0.256 e. The number of aromatic amines is 1. The molecule has 9 nitrogen and oxygen atoms in total. The number of nitrogens with one attached hydrogen (secondary N) is 2. The number of rotatable bonds is 4. The van der Waals surface area contributed by atoms with E-state index in [2.05, 4.69) is 25.4 Å². The average Bonchev–Trinajstić information content (AvgIpc) is 2.90. The number of hydrogen-bond donors (Lipinski definition) is 4. The summed E-state index contributed by atoms with van der Waals surface area (Å²) in [6.07, 6.45) is 1.76. The Balaban J connectivity index is 1.75. The highest BCUT2D eigenvalue weighted by molar-refractivity contribution is 6.02. The van der Waals surface area contributed by atoms with Crippen LogP contribution in [0.4, 0.5) is 23.1 Å². The van der Waals surface area contributed by atoms with Crippen molar-refractivity contribution in [1.29, 1.82) is 0 Å². The van der Waals surface area contributed by atoms with Gasteiger partial charge in [0.15, 0.2) is 5.82 Å². The number of morpholine rings is 1. The molecule has 3 rings (SSSR count). The van der Waals surface area contributed by atoms with E-state index >= 15 is 0 Å². The fourth-order valence-electron chi connectivity index (χ4n) is 2.29. The van der Waals surface area contributed by atoms with E-state index in [-0.39, 0.29) is 17.2 Å². The van der Waals surface area contributed by atoms with Crippen LogP contribution in [0.15, 0.2) is 18.3 Å². The van der Waals surface area contributed by atoms with Crippen molar-refractivity contribution in [2.75, 3.05) is 42.3 Å². The normalized spacial score (nSPS) is 14.8. The first kappa shape index (κ1) is 14.1. The lowest BCUT2D eigenvalue weighted by molar-refractivity contribution is 0.100. The highest BCUT2D eigenvalue weighted by Gasteiger charge is 2.17. The Morgan fingerprint density at radius 2 is 2.14 bits per heavy atom. The van der Waals surface area contributed by atoms with Gasteiger partial charge in [-0.3, -0.25) is 9.89 Å². The molecule has 0 spiro atoms. The van der Waals surface area contributed by atoms with Crippen molar-refractivity contribution in [2.24, 2.45) is 5.73 Å². The van der Waals surface area contributed by atoms with Gasteiger partial charge < -0.3 is 26.4 Å². The van der Waals surface area contributed by atoms with Gasteiger partial charge in [-0.25, -0.2) is 4.98 Å². The van der Waals surface area contributed by atoms with Gasteiger partial charge in [-0.05, 0) is 12.1 Å². The van der Waals surface area contributed by atoms with Crippen molar-refractivity contribution in [3.05, 3.63) is 23.9 Å². The molecule has 0 bridgehead atoms. The van der Waals surface area contributed by atoms with Gasteiger partial charge in [0.2, 0.25) is 0 Å². The Labute approximate surface area is 126 Å². The van der Waals surface area contributed by atoms with Gasteiger partial charge in [-0.2, -0.15) is 5.10 Å². The van der Waals surface area contributed by atoms with Crippen LogP contribution in [0.5, 0.6) is 0 Å². The standard InChI is InChI=1S/C13H17N7O2/c14-11-10(12(15)21)13(19-18-11)17-9-2-1-8(7-16-9)20-3-5-22-6-4-20/h1-2,7H,3-6H2,(H2,15,21)(H4,14,16,17,18,19). The van der Waals surface area contributed by atoms with E-state index < -0.39 is 5.91 Å². The maximum absolute atomic E-state index is 11.4. The largest absolute Gasteiger partial charge is 0.383 e. The molecule has 1 aliphatic heterocycles.